The first-order valence-electron chi connectivity index (χ1n) is 4.47. The van der Waals surface area contributed by atoms with E-state index in [-0.39, 0.29) is 0 Å². The van der Waals surface area contributed by atoms with Crippen molar-refractivity contribution in [1.29, 1.82) is 0 Å². The SMILES string of the molecule is O=C=Nc1ccc2c(c1)CNC2(O)N=C=O. The van der Waals surface area contributed by atoms with Crippen molar-refractivity contribution in [2.24, 2.45) is 9.98 Å². The van der Waals surface area contributed by atoms with Gasteiger partial charge in [-0.15, -0.1) is 0 Å². The summed E-state index contributed by atoms with van der Waals surface area (Å²) in [4.78, 5) is 27.0. The minimum Gasteiger partial charge on any atom is -0.353 e. The minimum atomic E-state index is -1.72. The zero-order valence-corrected chi connectivity index (χ0v) is 8.10. The summed E-state index contributed by atoms with van der Waals surface area (Å²) in [5, 5.41) is 12.6. The molecule has 0 spiro atoms. The second kappa shape index (κ2) is 3.81. The highest BCUT2D eigenvalue weighted by atomic mass is 16.3. The first-order valence-corrected chi connectivity index (χ1v) is 4.47. The number of rotatable bonds is 2. The van der Waals surface area contributed by atoms with Gasteiger partial charge in [0.2, 0.25) is 12.2 Å². The van der Waals surface area contributed by atoms with Crippen molar-refractivity contribution in [3.63, 3.8) is 0 Å². The van der Waals surface area contributed by atoms with Gasteiger partial charge in [0.15, 0.2) is 0 Å². The molecule has 1 unspecified atom stereocenters. The molecule has 80 valence electrons. The van der Waals surface area contributed by atoms with E-state index in [0.29, 0.717) is 17.8 Å². The molecule has 0 aromatic heterocycles. The zero-order chi connectivity index (χ0) is 11.6. The number of aliphatic imine (C=N–C) groups is 2. The molecule has 1 heterocycles. The minimum absolute atomic E-state index is 0.333. The van der Waals surface area contributed by atoms with Gasteiger partial charge in [0.05, 0.1) is 5.69 Å². The first-order chi connectivity index (χ1) is 7.69. The third-order valence-corrected chi connectivity index (χ3v) is 2.37. The highest BCUT2D eigenvalue weighted by Gasteiger charge is 2.36. The van der Waals surface area contributed by atoms with E-state index in [1.807, 2.05) is 0 Å². The number of carbonyl (C=O) groups excluding carboxylic acids is 2. The van der Waals surface area contributed by atoms with Gasteiger partial charge in [-0.05, 0) is 17.7 Å². The van der Waals surface area contributed by atoms with Crippen LogP contribution < -0.4 is 5.32 Å². The Morgan fingerprint density at radius 3 is 2.88 bits per heavy atom. The van der Waals surface area contributed by atoms with Crippen molar-refractivity contribution >= 4 is 17.8 Å². The van der Waals surface area contributed by atoms with Crippen LogP contribution in [-0.2, 0) is 22.0 Å². The Morgan fingerprint density at radius 2 is 2.19 bits per heavy atom. The molecule has 1 aliphatic heterocycles. The van der Waals surface area contributed by atoms with Gasteiger partial charge in [0.25, 0.3) is 5.85 Å². The van der Waals surface area contributed by atoms with E-state index in [9.17, 15) is 14.7 Å². The lowest BCUT2D eigenvalue weighted by molar-refractivity contribution is 0.0205. The number of hydrogen-bond acceptors (Lipinski definition) is 6. The molecule has 0 amide bonds. The maximum absolute atomic E-state index is 10.2. The Hall–Kier alpha value is -2.10. The molecule has 1 aliphatic rings. The molecule has 0 bridgehead atoms. The van der Waals surface area contributed by atoms with E-state index in [0.717, 1.165) is 5.56 Å². The lowest BCUT2D eigenvalue weighted by Crippen LogP contribution is -2.33. The van der Waals surface area contributed by atoms with Crippen molar-refractivity contribution in [3.8, 4) is 0 Å². The van der Waals surface area contributed by atoms with Crippen molar-refractivity contribution < 1.29 is 14.7 Å². The van der Waals surface area contributed by atoms with Crippen molar-refractivity contribution in [2.45, 2.75) is 12.4 Å². The van der Waals surface area contributed by atoms with Gasteiger partial charge in [0, 0.05) is 12.1 Å². The summed E-state index contributed by atoms with van der Waals surface area (Å²) in [5.74, 6) is -1.72. The highest BCUT2D eigenvalue weighted by molar-refractivity contribution is 5.53. The molecule has 1 atom stereocenters. The molecular weight excluding hydrogens is 210 g/mol. The predicted octanol–water partition coefficient (Wildman–Crippen LogP) is 0.196. The number of nitrogens with one attached hydrogen (secondary N) is 1. The van der Waals surface area contributed by atoms with Crippen LogP contribution in [0.1, 0.15) is 11.1 Å². The molecule has 1 aromatic rings. The molecule has 0 saturated heterocycles. The fraction of sp³-hybridized carbons (Fsp3) is 0.200. The second-order valence-electron chi connectivity index (χ2n) is 3.27. The number of nitrogens with zero attached hydrogens (tertiary/aromatic N) is 2. The molecule has 1 aromatic carbocycles. The van der Waals surface area contributed by atoms with Crippen LogP contribution >= 0.6 is 0 Å². The maximum Gasteiger partial charge on any atom is 0.252 e. The highest BCUT2D eigenvalue weighted by Crippen LogP contribution is 2.32. The summed E-state index contributed by atoms with van der Waals surface area (Å²) < 4.78 is 0. The molecule has 0 aliphatic carbocycles. The van der Waals surface area contributed by atoms with Crippen LogP contribution in [0, 0.1) is 0 Å². The van der Waals surface area contributed by atoms with E-state index in [2.05, 4.69) is 15.3 Å². The lowest BCUT2D eigenvalue weighted by Gasteiger charge is -2.16. The third kappa shape index (κ3) is 1.58. The molecule has 0 radical (unpaired) electrons. The monoisotopic (exact) mass is 217 g/mol. The van der Waals surface area contributed by atoms with Crippen LogP contribution in [0.15, 0.2) is 28.2 Å². The Kier molecular flexibility index (Phi) is 2.48. The van der Waals surface area contributed by atoms with Crippen LogP contribution in [0.3, 0.4) is 0 Å². The van der Waals surface area contributed by atoms with Crippen LogP contribution in [0.25, 0.3) is 0 Å². The molecule has 6 nitrogen and oxygen atoms in total. The average Bonchev–Trinajstić information content (AvgIpc) is 2.57. The van der Waals surface area contributed by atoms with Crippen LogP contribution in [0.5, 0.6) is 0 Å². The molecule has 16 heavy (non-hydrogen) atoms. The summed E-state index contributed by atoms with van der Waals surface area (Å²) in [6.45, 7) is 0.333. The van der Waals surface area contributed by atoms with Crippen molar-refractivity contribution in [3.05, 3.63) is 29.3 Å². The Morgan fingerprint density at radius 1 is 1.38 bits per heavy atom. The molecule has 0 saturated carbocycles. The van der Waals surface area contributed by atoms with E-state index in [1.54, 1.807) is 12.1 Å². The lowest BCUT2D eigenvalue weighted by atomic mass is 10.1. The Bertz CT molecular complexity index is 530. The normalized spacial score (nSPS) is 21.8. The number of isocyanates is 2. The molecular formula is C10H7N3O3. The van der Waals surface area contributed by atoms with Gasteiger partial charge in [-0.2, -0.15) is 9.98 Å². The molecule has 2 N–H and O–H groups in total. The van der Waals surface area contributed by atoms with Crippen LogP contribution in [-0.4, -0.2) is 17.3 Å². The summed E-state index contributed by atoms with van der Waals surface area (Å²) >= 11 is 0. The van der Waals surface area contributed by atoms with E-state index >= 15 is 0 Å². The van der Waals surface area contributed by atoms with Gasteiger partial charge in [-0.3, -0.25) is 5.32 Å². The zero-order valence-electron chi connectivity index (χ0n) is 8.10. The fourth-order valence-corrected chi connectivity index (χ4v) is 1.67. The van der Waals surface area contributed by atoms with Gasteiger partial charge in [0.1, 0.15) is 0 Å². The van der Waals surface area contributed by atoms with E-state index < -0.39 is 5.85 Å². The number of aliphatic hydroxyl groups is 1. The summed E-state index contributed by atoms with van der Waals surface area (Å²) in [6, 6.07) is 4.69. The Balaban J connectivity index is 2.50. The largest absolute Gasteiger partial charge is 0.353 e. The van der Waals surface area contributed by atoms with Crippen molar-refractivity contribution in [1.82, 2.24) is 5.32 Å². The van der Waals surface area contributed by atoms with E-state index in [1.165, 1.54) is 18.2 Å². The van der Waals surface area contributed by atoms with Crippen LogP contribution in [0.4, 0.5) is 5.69 Å². The number of benzene rings is 1. The first kappa shape index (κ1) is 10.4. The second-order valence-corrected chi connectivity index (χ2v) is 3.27. The van der Waals surface area contributed by atoms with E-state index in [4.69, 9.17) is 0 Å². The third-order valence-electron chi connectivity index (χ3n) is 2.37. The average molecular weight is 217 g/mol. The number of hydrogen-bond donors (Lipinski definition) is 2. The standard InChI is InChI=1S/C10H7N3O3/c14-5-11-8-1-2-9-7(3-8)4-12-10(9,16)13-6-15/h1-3,12,16H,4H2. The fourth-order valence-electron chi connectivity index (χ4n) is 1.67. The van der Waals surface area contributed by atoms with Crippen molar-refractivity contribution in [2.75, 3.05) is 0 Å². The molecule has 2 rings (SSSR count). The smallest absolute Gasteiger partial charge is 0.252 e. The number of fused-ring (bicyclic) bond motifs is 1. The molecule has 6 heteroatoms. The topological polar surface area (TPSA) is 91.1 Å². The Labute approximate surface area is 90.3 Å². The van der Waals surface area contributed by atoms with Gasteiger partial charge < -0.3 is 5.11 Å². The predicted molar refractivity (Wildman–Crippen MR) is 53.1 cm³/mol. The van der Waals surface area contributed by atoms with Crippen LogP contribution in [0.2, 0.25) is 0 Å². The maximum atomic E-state index is 10.2. The molecule has 0 fully saturated rings. The summed E-state index contributed by atoms with van der Waals surface area (Å²) in [7, 11) is 0. The quantitative estimate of drug-likeness (QED) is 0.546. The van der Waals surface area contributed by atoms with Gasteiger partial charge in [-0.25, -0.2) is 9.59 Å². The summed E-state index contributed by atoms with van der Waals surface area (Å²) in [6.07, 6.45) is 2.73. The summed E-state index contributed by atoms with van der Waals surface area (Å²) in [5.41, 5.74) is 1.62. The van der Waals surface area contributed by atoms with Gasteiger partial charge >= 0.3 is 0 Å². The van der Waals surface area contributed by atoms with Gasteiger partial charge in [-0.1, -0.05) is 6.07 Å².